The van der Waals surface area contributed by atoms with Gasteiger partial charge in [-0.25, -0.2) is 13.1 Å². The lowest BCUT2D eigenvalue weighted by atomic mass is 10.0. The van der Waals surface area contributed by atoms with E-state index >= 15 is 0 Å². The normalized spacial score (nSPS) is 14.6. The van der Waals surface area contributed by atoms with Gasteiger partial charge < -0.3 is 5.32 Å². The number of rotatable bonds is 5. The molecule has 8 nitrogen and oxygen atoms in total. The van der Waals surface area contributed by atoms with Crippen LogP contribution in [0.4, 0.5) is 5.82 Å². The molecule has 0 atom stereocenters. The first-order valence-electron chi connectivity index (χ1n) is 8.84. The average molecular weight is 390 g/mol. The minimum Gasteiger partial charge on any atom is -0.310 e. The summed E-state index contributed by atoms with van der Waals surface area (Å²) >= 11 is 0. The fourth-order valence-corrected chi connectivity index (χ4v) is 4.45. The number of aromatic nitrogens is 2. The van der Waals surface area contributed by atoms with E-state index in [2.05, 4.69) is 15.1 Å². The molecule has 2 aromatic rings. The van der Waals surface area contributed by atoms with Gasteiger partial charge in [-0.15, -0.1) is 0 Å². The van der Waals surface area contributed by atoms with Gasteiger partial charge in [0.05, 0.1) is 10.6 Å². The maximum absolute atomic E-state index is 12.5. The SMILES string of the molecule is CCNS(=O)(=O)c1cc(-c2c(CC)nn3c2NC(=O)CCC3=O)ccc1C. The highest BCUT2D eigenvalue weighted by Gasteiger charge is 2.28. The number of anilines is 1. The summed E-state index contributed by atoms with van der Waals surface area (Å²) in [4.78, 5) is 24.5. The van der Waals surface area contributed by atoms with Crippen LogP contribution >= 0.6 is 0 Å². The van der Waals surface area contributed by atoms with Gasteiger partial charge in [0.2, 0.25) is 21.8 Å². The van der Waals surface area contributed by atoms with E-state index in [1.165, 1.54) is 4.68 Å². The number of carbonyl (C=O) groups excluding carboxylic acids is 2. The van der Waals surface area contributed by atoms with Crippen molar-refractivity contribution in [1.82, 2.24) is 14.5 Å². The smallest absolute Gasteiger partial charge is 0.249 e. The number of aryl methyl sites for hydroxylation is 2. The molecule has 1 amide bonds. The molecule has 0 unspecified atom stereocenters. The topological polar surface area (TPSA) is 110 Å². The Labute approximate surface area is 158 Å². The van der Waals surface area contributed by atoms with Crippen LogP contribution in [0, 0.1) is 6.92 Å². The number of carbonyl (C=O) groups is 2. The Hall–Kier alpha value is -2.52. The molecule has 0 spiro atoms. The Bertz CT molecular complexity index is 1020. The van der Waals surface area contributed by atoms with E-state index in [0.717, 1.165) is 0 Å². The van der Waals surface area contributed by atoms with E-state index in [0.29, 0.717) is 34.6 Å². The summed E-state index contributed by atoms with van der Waals surface area (Å²) in [7, 11) is -3.66. The monoisotopic (exact) mass is 390 g/mol. The Kier molecular flexibility index (Phi) is 5.16. The molecule has 0 fully saturated rings. The van der Waals surface area contributed by atoms with Crippen molar-refractivity contribution in [3.63, 3.8) is 0 Å². The van der Waals surface area contributed by atoms with Crippen molar-refractivity contribution in [2.45, 2.75) is 44.9 Å². The lowest BCUT2D eigenvalue weighted by molar-refractivity contribution is -0.116. The zero-order valence-corrected chi connectivity index (χ0v) is 16.3. The van der Waals surface area contributed by atoms with Crippen molar-refractivity contribution in [2.75, 3.05) is 11.9 Å². The van der Waals surface area contributed by atoms with Crippen LogP contribution < -0.4 is 10.0 Å². The Morgan fingerprint density at radius 3 is 2.63 bits per heavy atom. The molecule has 1 aliphatic rings. The molecule has 3 rings (SSSR count). The molecular formula is C18H22N4O4S. The highest BCUT2D eigenvalue weighted by atomic mass is 32.2. The van der Waals surface area contributed by atoms with Gasteiger partial charge in [-0.1, -0.05) is 26.0 Å². The molecule has 1 aliphatic heterocycles. The van der Waals surface area contributed by atoms with E-state index in [1.807, 2.05) is 6.92 Å². The number of benzene rings is 1. The Morgan fingerprint density at radius 1 is 1.22 bits per heavy atom. The molecule has 2 heterocycles. The van der Waals surface area contributed by atoms with Crippen molar-refractivity contribution in [2.24, 2.45) is 0 Å². The third-order valence-electron chi connectivity index (χ3n) is 4.45. The molecule has 9 heteroatoms. The summed E-state index contributed by atoms with van der Waals surface area (Å²) in [6.45, 7) is 5.60. The summed E-state index contributed by atoms with van der Waals surface area (Å²) in [5.41, 5.74) is 2.39. The second-order valence-corrected chi connectivity index (χ2v) is 8.09. The molecule has 1 aromatic heterocycles. The van der Waals surface area contributed by atoms with Crippen molar-refractivity contribution in [3.05, 3.63) is 29.5 Å². The molecule has 1 aromatic carbocycles. The highest BCUT2D eigenvalue weighted by molar-refractivity contribution is 7.89. The quantitative estimate of drug-likeness (QED) is 0.812. The highest BCUT2D eigenvalue weighted by Crippen LogP contribution is 2.35. The average Bonchev–Trinajstić information content (AvgIpc) is 2.91. The van der Waals surface area contributed by atoms with Crippen LogP contribution in [-0.4, -0.2) is 36.6 Å². The molecule has 0 radical (unpaired) electrons. The minimum absolute atomic E-state index is 0.0804. The van der Waals surface area contributed by atoms with Crippen molar-refractivity contribution < 1.29 is 18.0 Å². The molecule has 0 bridgehead atoms. The van der Waals surface area contributed by atoms with Crippen LogP contribution in [-0.2, 0) is 21.2 Å². The summed E-state index contributed by atoms with van der Waals surface area (Å²) in [6.07, 6.45) is 0.704. The van der Waals surface area contributed by atoms with Gasteiger partial charge in [0, 0.05) is 24.9 Å². The van der Waals surface area contributed by atoms with Crippen LogP contribution in [0.2, 0.25) is 0 Å². The second-order valence-electron chi connectivity index (χ2n) is 6.36. The summed E-state index contributed by atoms with van der Waals surface area (Å²) in [6, 6.07) is 5.05. The van der Waals surface area contributed by atoms with Crippen LogP contribution in [0.5, 0.6) is 0 Å². The first-order chi connectivity index (χ1) is 12.8. The van der Waals surface area contributed by atoms with Crippen molar-refractivity contribution in [1.29, 1.82) is 0 Å². The number of nitrogens with one attached hydrogen (secondary N) is 2. The van der Waals surface area contributed by atoms with E-state index < -0.39 is 10.0 Å². The van der Waals surface area contributed by atoms with E-state index in [4.69, 9.17) is 0 Å². The number of fused-ring (bicyclic) bond motifs is 1. The van der Waals surface area contributed by atoms with Gasteiger partial charge >= 0.3 is 0 Å². The zero-order valence-electron chi connectivity index (χ0n) is 15.5. The van der Waals surface area contributed by atoms with Gasteiger partial charge in [-0.05, 0) is 30.5 Å². The number of hydrogen-bond acceptors (Lipinski definition) is 5. The number of nitrogens with zero attached hydrogens (tertiary/aromatic N) is 2. The fraction of sp³-hybridized carbons (Fsp3) is 0.389. The van der Waals surface area contributed by atoms with Crippen LogP contribution in [0.15, 0.2) is 23.1 Å². The number of hydrogen-bond donors (Lipinski definition) is 2. The largest absolute Gasteiger partial charge is 0.310 e. The maximum Gasteiger partial charge on any atom is 0.249 e. The molecule has 27 heavy (non-hydrogen) atoms. The van der Waals surface area contributed by atoms with Gasteiger partial charge in [0.1, 0.15) is 5.82 Å². The van der Waals surface area contributed by atoms with Crippen molar-refractivity contribution in [3.8, 4) is 11.1 Å². The fourth-order valence-electron chi connectivity index (χ4n) is 3.14. The zero-order chi connectivity index (χ0) is 19.8. The molecule has 0 saturated heterocycles. The van der Waals surface area contributed by atoms with E-state index in [1.54, 1.807) is 32.0 Å². The van der Waals surface area contributed by atoms with Gasteiger partial charge in [-0.3, -0.25) is 9.59 Å². The molecule has 0 aliphatic carbocycles. The summed E-state index contributed by atoms with van der Waals surface area (Å²) in [5, 5.41) is 7.11. The lowest BCUT2D eigenvalue weighted by Gasteiger charge is -2.12. The maximum atomic E-state index is 12.5. The molecule has 144 valence electrons. The second kappa shape index (κ2) is 7.24. The van der Waals surface area contributed by atoms with E-state index in [-0.39, 0.29) is 36.1 Å². The van der Waals surface area contributed by atoms with Crippen molar-refractivity contribution >= 4 is 27.7 Å². The van der Waals surface area contributed by atoms with Crippen LogP contribution in [0.1, 0.15) is 42.7 Å². The minimum atomic E-state index is -3.66. The molecular weight excluding hydrogens is 368 g/mol. The number of amides is 1. The van der Waals surface area contributed by atoms with Gasteiger partial charge in [0.25, 0.3) is 0 Å². The third kappa shape index (κ3) is 3.52. The van der Waals surface area contributed by atoms with Gasteiger partial charge in [-0.2, -0.15) is 9.78 Å². The Balaban J connectivity index is 2.23. The lowest BCUT2D eigenvalue weighted by Crippen LogP contribution is -2.24. The predicted octanol–water partition coefficient (Wildman–Crippen LogP) is 2.09. The van der Waals surface area contributed by atoms with Crippen LogP contribution in [0.3, 0.4) is 0 Å². The number of sulfonamides is 1. The molecule has 2 N–H and O–H groups in total. The first kappa shape index (κ1) is 19.2. The third-order valence-corrected chi connectivity index (χ3v) is 6.14. The van der Waals surface area contributed by atoms with Crippen LogP contribution in [0.25, 0.3) is 11.1 Å². The summed E-state index contributed by atoms with van der Waals surface area (Å²) < 4.78 is 28.8. The summed E-state index contributed by atoms with van der Waals surface area (Å²) in [5.74, 6) is -0.231. The predicted molar refractivity (Wildman–Crippen MR) is 101 cm³/mol. The first-order valence-corrected chi connectivity index (χ1v) is 10.3. The Morgan fingerprint density at radius 2 is 1.96 bits per heavy atom. The van der Waals surface area contributed by atoms with Gasteiger partial charge in [0.15, 0.2) is 0 Å². The van der Waals surface area contributed by atoms with E-state index in [9.17, 15) is 18.0 Å². The molecule has 0 saturated carbocycles. The standard InChI is InChI=1S/C18H22N4O4S/c1-4-13-17(18-20-15(23)8-9-16(24)22(18)21-13)12-7-6-11(3)14(10-12)27(25,26)19-5-2/h6-7,10,19H,4-5,8-9H2,1-3H3,(H,20,23).